The molecule has 0 saturated heterocycles. The van der Waals surface area contributed by atoms with Gasteiger partial charge in [0.25, 0.3) is 0 Å². The summed E-state index contributed by atoms with van der Waals surface area (Å²) in [6, 6.07) is 6.21. The fourth-order valence-electron chi connectivity index (χ4n) is 2.29. The van der Waals surface area contributed by atoms with Crippen LogP contribution in [0.25, 0.3) is 0 Å². The molecule has 1 atom stereocenters. The fourth-order valence-corrected chi connectivity index (χ4v) is 3.15. The van der Waals surface area contributed by atoms with E-state index < -0.39 is 0 Å². The molecule has 0 spiro atoms. The van der Waals surface area contributed by atoms with Crippen molar-refractivity contribution in [2.75, 3.05) is 11.9 Å². The summed E-state index contributed by atoms with van der Waals surface area (Å²) >= 11 is 1.35. The lowest BCUT2D eigenvalue weighted by molar-refractivity contribution is -0.124. The van der Waals surface area contributed by atoms with Gasteiger partial charge in [-0.05, 0) is 30.0 Å². The van der Waals surface area contributed by atoms with Crippen LogP contribution in [0, 0.1) is 5.82 Å². The highest BCUT2D eigenvalue weighted by Gasteiger charge is 2.12. The predicted molar refractivity (Wildman–Crippen MR) is 99.6 cm³/mol. The predicted octanol–water partition coefficient (Wildman–Crippen LogP) is 3.27. The van der Waals surface area contributed by atoms with Crippen LogP contribution in [0.4, 0.5) is 9.52 Å². The van der Waals surface area contributed by atoms with Gasteiger partial charge in [-0.15, -0.1) is 10.2 Å². The van der Waals surface area contributed by atoms with E-state index in [0.717, 1.165) is 23.4 Å². The van der Waals surface area contributed by atoms with Gasteiger partial charge in [0.2, 0.25) is 16.9 Å². The maximum atomic E-state index is 12.9. The Hall–Kier alpha value is -2.35. The summed E-state index contributed by atoms with van der Waals surface area (Å²) in [6.07, 6.45) is 1.99. The number of benzene rings is 1. The van der Waals surface area contributed by atoms with Gasteiger partial charge in [-0.2, -0.15) is 0 Å². The van der Waals surface area contributed by atoms with Crippen molar-refractivity contribution in [2.45, 2.75) is 45.4 Å². The average Bonchev–Trinajstić information content (AvgIpc) is 3.05. The first-order valence-electron chi connectivity index (χ1n) is 8.62. The minimum Gasteiger partial charge on any atom is -0.355 e. The lowest BCUT2D eigenvalue weighted by Gasteiger charge is -2.13. The first-order valence-corrected chi connectivity index (χ1v) is 9.44. The Balaban J connectivity index is 1.68. The number of aryl methyl sites for hydroxylation is 1. The third-order valence-corrected chi connectivity index (χ3v) is 4.70. The molecule has 0 bridgehead atoms. The van der Waals surface area contributed by atoms with Gasteiger partial charge < -0.3 is 10.6 Å². The van der Waals surface area contributed by atoms with Gasteiger partial charge in [-0.3, -0.25) is 9.59 Å². The summed E-state index contributed by atoms with van der Waals surface area (Å²) in [5.41, 5.74) is 0.948. The summed E-state index contributed by atoms with van der Waals surface area (Å²) in [5, 5.41) is 14.7. The van der Waals surface area contributed by atoms with Gasteiger partial charge in [0.05, 0.1) is 0 Å². The van der Waals surface area contributed by atoms with Gasteiger partial charge in [0, 0.05) is 25.8 Å². The Morgan fingerprint density at radius 2 is 1.85 bits per heavy atom. The number of carbonyl (C=O) groups excluding carboxylic acids is 2. The number of hydrogen-bond acceptors (Lipinski definition) is 5. The third-order valence-electron chi connectivity index (χ3n) is 3.80. The lowest BCUT2D eigenvalue weighted by atomic mass is 10.0. The SMILES string of the molecule is CCCc1nnc(NC(=O)CCC(=O)NCC(C)c2ccc(F)cc2)s1. The van der Waals surface area contributed by atoms with Gasteiger partial charge in [-0.25, -0.2) is 4.39 Å². The molecular weight excluding hydrogens is 355 g/mol. The minimum atomic E-state index is -0.284. The molecule has 2 rings (SSSR count). The van der Waals surface area contributed by atoms with Crippen LogP contribution in [-0.2, 0) is 16.0 Å². The maximum Gasteiger partial charge on any atom is 0.226 e. The van der Waals surface area contributed by atoms with Crippen molar-refractivity contribution in [1.29, 1.82) is 0 Å². The van der Waals surface area contributed by atoms with Crippen molar-refractivity contribution < 1.29 is 14.0 Å². The number of hydrogen-bond donors (Lipinski definition) is 2. The molecule has 0 radical (unpaired) electrons. The van der Waals surface area contributed by atoms with E-state index in [4.69, 9.17) is 0 Å². The standard InChI is InChI=1S/C18H23FN4O2S/c1-3-4-17-22-23-18(26-17)21-16(25)10-9-15(24)20-11-12(2)13-5-7-14(19)8-6-13/h5-8,12H,3-4,9-11H2,1-2H3,(H,20,24)(H,21,23,25). The highest BCUT2D eigenvalue weighted by atomic mass is 32.1. The highest BCUT2D eigenvalue weighted by molar-refractivity contribution is 7.15. The minimum absolute atomic E-state index is 0.0618. The molecule has 0 saturated carbocycles. The number of anilines is 1. The molecule has 140 valence electrons. The van der Waals surface area contributed by atoms with Crippen LogP contribution in [0.1, 0.15) is 49.6 Å². The van der Waals surface area contributed by atoms with E-state index >= 15 is 0 Å². The summed E-state index contributed by atoms with van der Waals surface area (Å²) < 4.78 is 12.9. The molecular formula is C18H23FN4O2S. The van der Waals surface area contributed by atoms with Gasteiger partial charge in [0.15, 0.2) is 0 Å². The van der Waals surface area contributed by atoms with Crippen molar-refractivity contribution in [2.24, 2.45) is 0 Å². The zero-order valence-corrected chi connectivity index (χ0v) is 15.7. The number of aromatic nitrogens is 2. The highest BCUT2D eigenvalue weighted by Crippen LogP contribution is 2.17. The quantitative estimate of drug-likeness (QED) is 0.701. The Labute approximate surface area is 156 Å². The second-order valence-corrected chi connectivity index (χ2v) is 7.12. The molecule has 2 aromatic rings. The lowest BCUT2D eigenvalue weighted by Crippen LogP contribution is -2.28. The van der Waals surface area contributed by atoms with E-state index in [-0.39, 0.29) is 36.4 Å². The van der Waals surface area contributed by atoms with Crippen LogP contribution >= 0.6 is 11.3 Å². The Kier molecular flexibility index (Phi) is 7.65. The number of halogens is 1. The van der Waals surface area contributed by atoms with E-state index in [9.17, 15) is 14.0 Å². The Bertz CT molecular complexity index is 733. The number of nitrogens with zero attached hydrogens (tertiary/aromatic N) is 2. The molecule has 1 heterocycles. The molecule has 2 N–H and O–H groups in total. The van der Waals surface area contributed by atoms with Crippen LogP contribution < -0.4 is 10.6 Å². The van der Waals surface area contributed by atoms with Gasteiger partial charge in [-0.1, -0.05) is 37.3 Å². The molecule has 0 aliphatic rings. The van der Waals surface area contributed by atoms with E-state index in [0.29, 0.717) is 11.7 Å². The molecule has 26 heavy (non-hydrogen) atoms. The number of amides is 2. The molecule has 0 aliphatic carbocycles. The van der Waals surface area contributed by atoms with Crippen LogP contribution in [0.15, 0.2) is 24.3 Å². The second-order valence-electron chi connectivity index (χ2n) is 6.06. The maximum absolute atomic E-state index is 12.9. The topological polar surface area (TPSA) is 84.0 Å². The van der Waals surface area contributed by atoms with E-state index in [2.05, 4.69) is 27.8 Å². The van der Waals surface area contributed by atoms with Gasteiger partial charge in [0.1, 0.15) is 10.8 Å². The summed E-state index contributed by atoms with van der Waals surface area (Å²) in [6.45, 7) is 4.43. The largest absolute Gasteiger partial charge is 0.355 e. The summed E-state index contributed by atoms with van der Waals surface area (Å²) in [5.74, 6) is -0.677. The monoisotopic (exact) mass is 378 g/mol. The second kappa shape index (κ2) is 9.96. The van der Waals surface area contributed by atoms with E-state index in [1.165, 1.54) is 23.5 Å². The first kappa shape index (κ1) is 20.0. The third kappa shape index (κ3) is 6.51. The normalized spacial score (nSPS) is 11.8. The van der Waals surface area contributed by atoms with Gasteiger partial charge >= 0.3 is 0 Å². The van der Waals surface area contributed by atoms with Crippen molar-refractivity contribution >= 4 is 28.3 Å². The average molecular weight is 378 g/mol. The zero-order valence-electron chi connectivity index (χ0n) is 14.9. The number of nitrogens with one attached hydrogen (secondary N) is 2. The van der Waals surface area contributed by atoms with E-state index in [1.807, 2.05) is 6.92 Å². The molecule has 8 heteroatoms. The van der Waals surface area contributed by atoms with Crippen molar-refractivity contribution in [3.8, 4) is 0 Å². The number of rotatable bonds is 9. The van der Waals surface area contributed by atoms with Crippen LogP contribution in [0.2, 0.25) is 0 Å². The van der Waals surface area contributed by atoms with Crippen LogP contribution in [0.5, 0.6) is 0 Å². The van der Waals surface area contributed by atoms with E-state index in [1.54, 1.807) is 12.1 Å². The molecule has 6 nitrogen and oxygen atoms in total. The summed E-state index contributed by atoms with van der Waals surface area (Å²) in [4.78, 5) is 23.8. The van der Waals surface area contributed by atoms with Crippen LogP contribution in [-0.4, -0.2) is 28.6 Å². The first-order chi connectivity index (χ1) is 12.5. The molecule has 2 amide bonds. The molecule has 1 aromatic heterocycles. The zero-order chi connectivity index (χ0) is 18.9. The Morgan fingerprint density at radius 3 is 2.54 bits per heavy atom. The number of carbonyl (C=O) groups is 2. The van der Waals surface area contributed by atoms with Crippen LogP contribution in [0.3, 0.4) is 0 Å². The fraction of sp³-hybridized carbons (Fsp3) is 0.444. The van der Waals surface area contributed by atoms with Crippen molar-refractivity contribution in [1.82, 2.24) is 15.5 Å². The Morgan fingerprint density at radius 1 is 1.15 bits per heavy atom. The smallest absolute Gasteiger partial charge is 0.226 e. The molecule has 0 fully saturated rings. The molecule has 1 aromatic carbocycles. The van der Waals surface area contributed by atoms with Crippen molar-refractivity contribution in [3.05, 3.63) is 40.7 Å². The van der Waals surface area contributed by atoms with Crippen molar-refractivity contribution in [3.63, 3.8) is 0 Å². The molecule has 0 aliphatic heterocycles. The molecule has 1 unspecified atom stereocenters. The summed E-state index contributed by atoms with van der Waals surface area (Å²) in [7, 11) is 0.